The fourth-order valence-electron chi connectivity index (χ4n) is 7.87. The summed E-state index contributed by atoms with van der Waals surface area (Å²) in [5.74, 6) is -63.5. The molecule has 7 aromatic carbocycles. The second kappa shape index (κ2) is 18.4. The van der Waals surface area contributed by atoms with Gasteiger partial charge in [0.25, 0.3) is 0 Å². The van der Waals surface area contributed by atoms with Gasteiger partial charge in [-0.2, -0.15) is 0 Å². The molecular weight excluding hydrogens is 936 g/mol. The Morgan fingerprint density at radius 1 is 0.269 bits per heavy atom. The molecule has 0 unspecified atom stereocenters. The minimum atomic E-state index is -7.09. The third kappa shape index (κ3) is 8.02. The molecule has 7 rings (SSSR count). The van der Waals surface area contributed by atoms with Crippen molar-refractivity contribution in [2.45, 2.75) is 26.2 Å². The molecular formula is C47H24BF19. The molecule has 0 amide bonds. The van der Waals surface area contributed by atoms with Gasteiger partial charge in [0.1, 0.15) is 52.7 Å². The maximum absolute atomic E-state index is 16.1. The fourth-order valence-corrected chi connectivity index (χ4v) is 7.87. The lowest BCUT2D eigenvalue weighted by Crippen LogP contribution is -2.81. The lowest BCUT2D eigenvalue weighted by atomic mass is 9.12. The Kier molecular flexibility index (Phi) is 13.6. The van der Waals surface area contributed by atoms with E-state index in [1.165, 1.54) is 22.6 Å². The molecule has 0 atom stereocenters. The predicted molar refractivity (Wildman–Crippen MR) is 208 cm³/mol. The van der Waals surface area contributed by atoms with Gasteiger partial charge in [-0.05, 0) is 78.2 Å². The van der Waals surface area contributed by atoms with Crippen LogP contribution in [0.1, 0.15) is 43.0 Å². The van der Waals surface area contributed by atoms with E-state index < -0.39 is 150 Å². The van der Waals surface area contributed by atoms with Gasteiger partial charge in [0.15, 0.2) is 64.0 Å². The zero-order valence-corrected chi connectivity index (χ0v) is 33.9. The van der Waals surface area contributed by atoms with Crippen molar-refractivity contribution in [3.8, 4) is 0 Å². The summed E-state index contributed by atoms with van der Waals surface area (Å²) < 4.78 is 287. The number of hydrogen-bond acceptors (Lipinski definition) is 0. The van der Waals surface area contributed by atoms with Crippen LogP contribution in [0.25, 0.3) is 0 Å². The minimum Gasteiger partial charge on any atom is -0.207 e. The topological polar surface area (TPSA) is 0 Å². The van der Waals surface area contributed by atoms with Crippen molar-refractivity contribution in [3.05, 3.63) is 230 Å². The number of halogens is 19. The first-order valence-corrected chi connectivity index (χ1v) is 19.0. The van der Waals surface area contributed by atoms with Gasteiger partial charge in [0.05, 0.1) is 22.6 Å². The van der Waals surface area contributed by atoms with Gasteiger partial charge >= 0.3 is 0 Å². The molecule has 0 heterocycles. The van der Waals surface area contributed by atoms with Crippen LogP contribution in [0.4, 0.5) is 83.4 Å². The SMILES string of the molecule is CC(C)(C)c1c(F)c(F)c([B-](c2c(F)c(F)c(F)c(F)c2F)(c2c(F)c(F)c(F)c(F)c2F)c2c(F)c(F)c(F)c(F)c2F)c(F)c1F.c1ccc([C+](c2ccccc2)c2ccccc2)cc1. The zero-order chi connectivity index (χ0) is 49.8. The van der Waals surface area contributed by atoms with Crippen molar-refractivity contribution < 1.29 is 83.4 Å². The van der Waals surface area contributed by atoms with Crippen LogP contribution in [0.2, 0.25) is 0 Å². The van der Waals surface area contributed by atoms with Gasteiger partial charge in [-0.1, -0.05) is 39.0 Å². The highest BCUT2D eigenvalue weighted by molar-refractivity contribution is 7.20. The van der Waals surface area contributed by atoms with Crippen LogP contribution in [0, 0.1) is 116 Å². The molecule has 20 heteroatoms. The first-order chi connectivity index (χ1) is 31.4. The van der Waals surface area contributed by atoms with Crippen LogP contribution < -0.4 is 21.9 Å². The van der Waals surface area contributed by atoms with Crippen molar-refractivity contribution in [3.63, 3.8) is 0 Å². The number of rotatable bonds is 7. The van der Waals surface area contributed by atoms with Crippen LogP contribution in [0.15, 0.2) is 91.0 Å². The summed E-state index contributed by atoms with van der Waals surface area (Å²) in [7, 11) is 0. The van der Waals surface area contributed by atoms with Crippen LogP contribution in [0.5, 0.6) is 0 Å². The normalized spacial score (nSPS) is 11.7. The quantitative estimate of drug-likeness (QED) is 0.0373. The largest absolute Gasteiger partial charge is 0.207 e. The molecule has 0 nitrogen and oxygen atoms in total. The smallest absolute Gasteiger partial charge is 0.200 e. The summed E-state index contributed by atoms with van der Waals surface area (Å²) in [5.41, 5.74) is -13.9. The molecule has 0 aromatic heterocycles. The van der Waals surface area contributed by atoms with Crippen LogP contribution >= 0.6 is 0 Å². The van der Waals surface area contributed by atoms with E-state index in [0.29, 0.717) is 0 Å². The van der Waals surface area contributed by atoms with E-state index in [2.05, 4.69) is 91.0 Å². The molecule has 0 spiro atoms. The molecule has 0 radical (unpaired) electrons. The average molecular weight is 960 g/mol. The maximum Gasteiger partial charge on any atom is 0.200 e. The molecule has 348 valence electrons. The summed E-state index contributed by atoms with van der Waals surface area (Å²) in [6, 6.07) is 31.6. The van der Waals surface area contributed by atoms with Crippen LogP contribution in [-0.2, 0) is 5.41 Å². The second-order valence-corrected chi connectivity index (χ2v) is 15.6. The van der Waals surface area contributed by atoms with Crippen molar-refractivity contribution >= 4 is 28.0 Å². The molecule has 0 aliphatic heterocycles. The van der Waals surface area contributed by atoms with E-state index in [1.807, 2.05) is 0 Å². The summed E-state index contributed by atoms with van der Waals surface area (Å²) in [4.78, 5) is 0. The van der Waals surface area contributed by atoms with Crippen molar-refractivity contribution in [2.75, 3.05) is 0 Å². The summed E-state index contributed by atoms with van der Waals surface area (Å²) in [5, 5.41) is 0. The van der Waals surface area contributed by atoms with E-state index in [9.17, 15) is 39.5 Å². The molecule has 0 saturated carbocycles. The second-order valence-electron chi connectivity index (χ2n) is 15.6. The highest BCUT2D eigenvalue weighted by atomic mass is 19.2. The van der Waals surface area contributed by atoms with Crippen LogP contribution in [-0.4, -0.2) is 6.15 Å². The lowest BCUT2D eigenvalue weighted by Gasteiger charge is -2.45. The molecule has 7 aromatic rings. The molecule has 0 bridgehead atoms. The molecule has 0 aliphatic carbocycles. The molecule has 0 saturated heterocycles. The van der Waals surface area contributed by atoms with Gasteiger partial charge in [0.2, 0.25) is 0 Å². The van der Waals surface area contributed by atoms with Gasteiger partial charge in [-0.15, -0.1) is 21.9 Å². The standard InChI is InChI=1S/C28H9BF19.C19H15/c1-28(2,3)4-9(30)11(32)5(12(33)10(4)31)29(6-13(34)19(40)25(46)20(41)14(6)35,7-15(36)21(42)26(47)22(43)16(7)37)8-17(38)23(44)27(48)24(45)18(8)39;1-4-10-16(11-5-1)19(17-12-6-2-7-13-17)18-14-8-3-9-15-18/h1-3H3;1-15H/q-1;+1. The fraction of sp³-hybridized carbons (Fsp3) is 0.0851. The third-order valence-corrected chi connectivity index (χ3v) is 10.7. The van der Waals surface area contributed by atoms with Gasteiger partial charge in [-0.3, -0.25) is 0 Å². The Morgan fingerprint density at radius 3 is 0.642 bits per heavy atom. The van der Waals surface area contributed by atoms with Crippen LogP contribution in [0.3, 0.4) is 0 Å². The summed E-state index contributed by atoms with van der Waals surface area (Å²) >= 11 is 0. The van der Waals surface area contributed by atoms with Crippen molar-refractivity contribution in [1.82, 2.24) is 0 Å². The summed E-state index contributed by atoms with van der Waals surface area (Å²) in [6.07, 6.45) is -7.09. The highest BCUT2D eigenvalue weighted by Gasteiger charge is 2.52. The van der Waals surface area contributed by atoms with E-state index in [4.69, 9.17) is 0 Å². The third-order valence-electron chi connectivity index (χ3n) is 10.7. The Balaban J connectivity index is 0.000000321. The van der Waals surface area contributed by atoms with Gasteiger partial charge < -0.3 is 0 Å². The summed E-state index contributed by atoms with van der Waals surface area (Å²) in [6.45, 7) is 2.39. The van der Waals surface area contributed by atoms with E-state index in [1.54, 1.807) is 0 Å². The van der Waals surface area contributed by atoms with Gasteiger partial charge in [0, 0.05) is 5.56 Å². The van der Waals surface area contributed by atoms with E-state index in [-0.39, 0.29) is 0 Å². The zero-order valence-electron chi connectivity index (χ0n) is 33.9. The maximum atomic E-state index is 16.1. The minimum absolute atomic E-state index is 0.795. The molecule has 0 aliphatic rings. The Labute approximate surface area is 366 Å². The number of benzene rings is 7. The average Bonchev–Trinajstić information content (AvgIpc) is 3.30. The van der Waals surface area contributed by atoms with E-state index in [0.717, 1.165) is 20.8 Å². The molecule has 0 N–H and O–H groups in total. The Bertz CT molecular complexity index is 2670. The van der Waals surface area contributed by atoms with Crippen molar-refractivity contribution in [2.24, 2.45) is 0 Å². The number of hydrogen-bond donors (Lipinski definition) is 0. The first-order valence-electron chi connectivity index (χ1n) is 19.0. The Morgan fingerprint density at radius 2 is 0.448 bits per heavy atom. The molecule has 67 heavy (non-hydrogen) atoms. The molecule has 0 fully saturated rings. The highest BCUT2D eigenvalue weighted by Crippen LogP contribution is 2.35. The van der Waals surface area contributed by atoms with E-state index >= 15 is 43.9 Å². The Hall–Kier alpha value is -6.86. The van der Waals surface area contributed by atoms with Gasteiger partial charge in [-0.25, -0.2) is 83.4 Å². The van der Waals surface area contributed by atoms with Crippen molar-refractivity contribution in [1.29, 1.82) is 0 Å². The lowest BCUT2D eigenvalue weighted by molar-refractivity contribution is 0.379. The predicted octanol–water partition coefficient (Wildman–Crippen LogP) is 11.7. The first kappa shape index (κ1) is 49.6. The monoisotopic (exact) mass is 960 g/mol.